The van der Waals surface area contributed by atoms with E-state index in [0.717, 1.165) is 34.6 Å². The standard InChI is InChI=1S/C31H34N2O6S/c1-4-33(23-13-14-40(36,37)19-23)28(34)18-39-31(35)29-25-7-5-6-8-27(25)32-30-22(15-20(2)16-26(29)30)17-21-9-11-24(38-3)12-10-21/h5-12,17,20,23H,4,13-16,18-19H2,1-3H3/b22-17+. The molecule has 9 heteroatoms. The smallest absolute Gasteiger partial charge is 0.339 e. The lowest BCUT2D eigenvalue weighted by molar-refractivity contribution is -0.136. The zero-order valence-electron chi connectivity index (χ0n) is 23.1. The van der Waals surface area contributed by atoms with Crippen LogP contribution in [0.15, 0.2) is 48.5 Å². The number of methoxy groups -OCH3 is 1. The maximum atomic E-state index is 13.7. The molecule has 1 fully saturated rings. The van der Waals surface area contributed by atoms with E-state index in [2.05, 4.69) is 13.0 Å². The molecule has 0 spiro atoms. The monoisotopic (exact) mass is 562 g/mol. The van der Waals surface area contributed by atoms with Crippen LogP contribution in [0.5, 0.6) is 5.75 Å². The van der Waals surface area contributed by atoms with Crippen LogP contribution in [0.3, 0.4) is 0 Å². The number of ether oxygens (including phenoxy) is 2. The second kappa shape index (κ2) is 11.4. The number of hydrogen-bond acceptors (Lipinski definition) is 7. The lowest BCUT2D eigenvalue weighted by atomic mass is 9.80. The van der Waals surface area contributed by atoms with Gasteiger partial charge in [-0.3, -0.25) is 4.79 Å². The Hall–Kier alpha value is -3.72. The van der Waals surface area contributed by atoms with Gasteiger partial charge in [-0.2, -0.15) is 0 Å². The summed E-state index contributed by atoms with van der Waals surface area (Å²) in [4.78, 5) is 33.2. The number of rotatable bonds is 7. The van der Waals surface area contributed by atoms with Crippen molar-refractivity contribution in [3.63, 3.8) is 0 Å². The second-order valence-corrected chi connectivity index (χ2v) is 12.8. The number of allylic oxidation sites excluding steroid dienone is 1. The van der Waals surface area contributed by atoms with Crippen LogP contribution < -0.4 is 4.74 Å². The number of hydrogen-bond donors (Lipinski definition) is 0. The molecule has 40 heavy (non-hydrogen) atoms. The van der Waals surface area contributed by atoms with Crippen LogP contribution in [0.4, 0.5) is 0 Å². The SMILES string of the molecule is CCN(C(=O)COC(=O)c1c2c(nc3ccccc13)/C(=C/c1ccc(OC)cc1)CC(C)C2)C1CCS(=O)(=O)C1. The molecule has 0 bridgehead atoms. The number of para-hydroxylation sites is 1. The van der Waals surface area contributed by atoms with E-state index in [1.807, 2.05) is 48.5 Å². The molecular formula is C31H34N2O6S. The molecule has 1 aliphatic carbocycles. The topological polar surface area (TPSA) is 103 Å². The van der Waals surface area contributed by atoms with Crippen molar-refractivity contribution >= 4 is 44.3 Å². The highest BCUT2D eigenvalue weighted by atomic mass is 32.2. The fourth-order valence-electron chi connectivity index (χ4n) is 5.81. The van der Waals surface area contributed by atoms with Gasteiger partial charge in [0.15, 0.2) is 16.4 Å². The molecule has 2 atom stereocenters. The highest BCUT2D eigenvalue weighted by Crippen LogP contribution is 2.39. The van der Waals surface area contributed by atoms with Gasteiger partial charge in [0.05, 0.1) is 35.4 Å². The highest BCUT2D eigenvalue weighted by molar-refractivity contribution is 7.91. The first-order valence-electron chi connectivity index (χ1n) is 13.6. The van der Waals surface area contributed by atoms with Crippen LogP contribution in [0.1, 0.15) is 53.9 Å². The summed E-state index contributed by atoms with van der Waals surface area (Å²) in [5.74, 6) is 0.104. The van der Waals surface area contributed by atoms with E-state index in [1.54, 1.807) is 14.0 Å². The number of esters is 1. The van der Waals surface area contributed by atoms with Gasteiger partial charge in [-0.25, -0.2) is 18.2 Å². The van der Waals surface area contributed by atoms with E-state index in [-0.39, 0.29) is 23.5 Å². The van der Waals surface area contributed by atoms with Gasteiger partial charge >= 0.3 is 5.97 Å². The molecule has 0 radical (unpaired) electrons. The molecule has 0 saturated carbocycles. The van der Waals surface area contributed by atoms with Gasteiger partial charge in [-0.05, 0) is 73.1 Å². The van der Waals surface area contributed by atoms with Gasteiger partial charge in [0.25, 0.3) is 5.91 Å². The maximum absolute atomic E-state index is 13.7. The predicted octanol–water partition coefficient (Wildman–Crippen LogP) is 4.56. The predicted molar refractivity (Wildman–Crippen MR) is 155 cm³/mol. The summed E-state index contributed by atoms with van der Waals surface area (Å²) in [7, 11) is -1.52. The summed E-state index contributed by atoms with van der Waals surface area (Å²) in [6.45, 7) is 3.85. The van der Waals surface area contributed by atoms with Gasteiger partial charge < -0.3 is 14.4 Å². The van der Waals surface area contributed by atoms with Crippen molar-refractivity contribution in [3.05, 3.63) is 70.9 Å². The van der Waals surface area contributed by atoms with Gasteiger partial charge in [0, 0.05) is 18.0 Å². The van der Waals surface area contributed by atoms with Crippen molar-refractivity contribution in [3.8, 4) is 5.75 Å². The van der Waals surface area contributed by atoms with Gasteiger partial charge in [-0.1, -0.05) is 37.3 Å². The summed E-state index contributed by atoms with van der Waals surface area (Å²) in [6.07, 6.45) is 3.97. The highest BCUT2D eigenvalue weighted by Gasteiger charge is 2.35. The Kier molecular flexibility index (Phi) is 7.94. The Balaban J connectivity index is 1.47. The summed E-state index contributed by atoms with van der Waals surface area (Å²) >= 11 is 0. The third kappa shape index (κ3) is 5.75. The lowest BCUT2D eigenvalue weighted by Gasteiger charge is -2.28. The van der Waals surface area contributed by atoms with Crippen molar-refractivity contribution in [2.24, 2.45) is 5.92 Å². The molecule has 1 amide bonds. The largest absolute Gasteiger partial charge is 0.497 e. The van der Waals surface area contributed by atoms with E-state index in [0.29, 0.717) is 35.9 Å². The minimum absolute atomic E-state index is 0.0514. The summed E-state index contributed by atoms with van der Waals surface area (Å²) in [6, 6.07) is 14.9. The molecule has 8 nitrogen and oxygen atoms in total. The number of sulfone groups is 1. The van der Waals surface area contributed by atoms with E-state index in [1.165, 1.54) is 4.90 Å². The Morgan fingerprint density at radius 2 is 1.85 bits per heavy atom. The molecule has 2 heterocycles. The fraction of sp³-hybridized carbons (Fsp3) is 0.387. The van der Waals surface area contributed by atoms with Gasteiger partial charge in [0.1, 0.15) is 5.75 Å². The van der Waals surface area contributed by atoms with Gasteiger partial charge in [0.2, 0.25) is 0 Å². The zero-order chi connectivity index (χ0) is 28.4. The number of carbonyl (C=O) groups excluding carboxylic acids is 2. The summed E-state index contributed by atoms with van der Waals surface area (Å²) in [5, 5.41) is 0.686. The minimum Gasteiger partial charge on any atom is -0.497 e. The Bertz CT molecular complexity index is 1580. The first-order valence-corrected chi connectivity index (χ1v) is 15.4. The van der Waals surface area contributed by atoms with E-state index >= 15 is 0 Å². The third-order valence-electron chi connectivity index (χ3n) is 7.72. The number of nitrogens with zero attached hydrogens (tertiary/aromatic N) is 2. The van der Waals surface area contributed by atoms with Crippen LogP contribution in [-0.4, -0.2) is 68.0 Å². The number of likely N-dealkylation sites (N-methyl/N-ethyl adjacent to an activating group) is 1. The summed E-state index contributed by atoms with van der Waals surface area (Å²) in [5.41, 5.74) is 4.76. The number of aromatic nitrogens is 1. The van der Waals surface area contributed by atoms with Crippen LogP contribution in [-0.2, 0) is 25.8 Å². The number of amides is 1. The van der Waals surface area contributed by atoms with Crippen molar-refractivity contribution in [1.29, 1.82) is 0 Å². The van der Waals surface area contributed by atoms with Crippen LogP contribution in [0.25, 0.3) is 22.6 Å². The summed E-state index contributed by atoms with van der Waals surface area (Å²) < 4.78 is 34.8. The third-order valence-corrected chi connectivity index (χ3v) is 9.47. The van der Waals surface area contributed by atoms with Crippen molar-refractivity contribution in [2.45, 2.75) is 39.2 Å². The quantitative estimate of drug-likeness (QED) is 0.389. The fourth-order valence-corrected chi connectivity index (χ4v) is 7.54. The molecular weight excluding hydrogens is 528 g/mol. The van der Waals surface area contributed by atoms with Crippen molar-refractivity contribution < 1.29 is 27.5 Å². The Morgan fingerprint density at radius 1 is 1.10 bits per heavy atom. The molecule has 210 valence electrons. The van der Waals surface area contributed by atoms with Crippen LogP contribution >= 0.6 is 0 Å². The number of pyridine rings is 1. The molecule has 5 rings (SSSR count). The van der Waals surface area contributed by atoms with E-state index < -0.39 is 28.3 Å². The lowest BCUT2D eigenvalue weighted by Crippen LogP contribution is -2.43. The normalized spacial score (nSPS) is 20.7. The van der Waals surface area contributed by atoms with Crippen molar-refractivity contribution in [2.75, 3.05) is 31.8 Å². The van der Waals surface area contributed by atoms with Crippen LogP contribution in [0.2, 0.25) is 0 Å². The number of benzene rings is 2. The first kappa shape index (κ1) is 27.8. The minimum atomic E-state index is -3.15. The zero-order valence-corrected chi connectivity index (χ0v) is 23.9. The van der Waals surface area contributed by atoms with E-state index in [9.17, 15) is 18.0 Å². The number of carbonyl (C=O) groups is 2. The molecule has 1 saturated heterocycles. The molecule has 1 aromatic heterocycles. The second-order valence-electron chi connectivity index (χ2n) is 10.6. The molecule has 2 aromatic carbocycles. The average molecular weight is 563 g/mol. The molecule has 0 N–H and O–H groups in total. The molecule has 2 unspecified atom stereocenters. The van der Waals surface area contributed by atoms with Gasteiger partial charge in [-0.15, -0.1) is 0 Å². The maximum Gasteiger partial charge on any atom is 0.339 e. The molecule has 1 aliphatic heterocycles. The van der Waals surface area contributed by atoms with Crippen molar-refractivity contribution in [1.82, 2.24) is 9.88 Å². The number of fused-ring (bicyclic) bond motifs is 2. The average Bonchev–Trinajstić information content (AvgIpc) is 3.30. The first-order chi connectivity index (χ1) is 19.2. The molecule has 2 aliphatic rings. The molecule has 3 aromatic rings. The van der Waals surface area contributed by atoms with Crippen LogP contribution in [0, 0.1) is 5.92 Å². The van der Waals surface area contributed by atoms with E-state index in [4.69, 9.17) is 14.5 Å². The Labute approximate surface area is 234 Å². The Morgan fingerprint density at radius 3 is 2.52 bits per heavy atom.